The molecule has 0 aliphatic heterocycles. The summed E-state index contributed by atoms with van der Waals surface area (Å²) in [7, 11) is 2.75. The van der Waals surface area contributed by atoms with Gasteiger partial charge in [-0.15, -0.1) is 0 Å². The zero-order valence-electron chi connectivity index (χ0n) is 16.5. The number of hydrogen-bond donors (Lipinski definition) is 0. The van der Waals surface area contributed by atoms with Crippen LogP contribution < -0.4 is 15.9 Å². The molecule has 0 heterocycles. The van der Waals surface area contributed by atoms with Crippen LogP contribution in [0.25, 0.3) is 0 Å². The van der Waals surface area contributed by atoms with E-state index in [2.05, 4.69) is 40.8 Å². The summed E-state index contributed by atoms with van der Waals surface area (Å²) < 4.78 is 6.80. The van der Waals surface area contributed by atoms with Crippen molar-refractivity contribution in [3.8, 4) is 0 Å². The van der Waals surface area contributed by atoms with Gasteiger partial charge in [0.1, 0.15) is 0 Å². The quantitative estimate of drug-likeness (QED) is 0.289. The molecule has 0 amide bonds. The second-order valence-corrected chi connectivity index (χ2v) is 18.5. The first kappa shape index (κ1) is 21.5. The Hall–Kier alpha value is -2.24. The molecule has 0 aliphatic carbocycles. The molecule has 3 rings (SSSR count). The van der Waals surface area contributed by atoms with Gasteiger partial charge in [-0.2, -0.15) is 0 Å². The van der Waals surface area contributed by atoms with Crippen molar-refractivity contribution in [3.63, 3.8) is 0 Å². The maximum atomic E-state index is 11.9. The SMILES string of the molecule is COC(=O)c1ccc(P(C)(I)(c2ccccc2)c2ccc(C(=O)OC)cc2)cc1. The monoisotopic (exact) mass is 520 g/mol. The standard InChI is InChI=1S/C23H22IO4P/c1-27-22(25)17-9-13-20(14-10-17)29(3,24,19-7-5-4-6-8-19)21-15-11-18(12-16-21)23(26)28-2/h4-16H,1-3H3. The van der Waals surface area contributed by atoms with Crippen molar-refractivity contribution in [1.82, 2.24) is 0 Å². The molecule has 4 nitrogen and oxygen atoms in total. The van der Waals surface area contributed by atoms with Gasteiger partial charge < -0.3 is 0 Å². The molecular weight excluding hydrogens is 498 g/mol. The van der Waals surface area contributed by atoms with Crippen LogP contribution in [0.3, 0.4) is 0 Å². The van der Waals surface area contributed by atoms with Gasteiger partial charge in [0.2, 0.25) is 0 Å². The Balaban J connectivity index is 2.21. The molecule has 0 bridgehead atoms. The zero-order valence-corrected chi connectivity index (χ0v) is 19.5. The average molecular weight is 520 g/mol. The van der Waals surface area contributed by atoms with Crippen LogP contribution in [-0.4, -0.2) is 32.8 Å². The second kappa shape index (κ2) is 8.25. The minimum absolute atomic E-state index is 0.358. The van der Waals surface area contributed by atoms with Gasteiger partial charge in [-0.3, -0.25) is 0 Å². The molecule has 29 heavy (non-hydrogen) atoms. The number of ether oxygens (including phenoxy) is 2. The molecule has 0 aliphatic rings. The molecule has 0 aromatic heterocycles. The predicted octanol–water partition coefficient (Wildman–Crippen LogP) is 4.07. The van der Waals surface area contributed by atoms with Crippen molar-refractivity contribution >= 4 is 54.1 Å². The summed E-state index contributed by atoms with van der Waals surface area (Å²) in [4.78, 5) is 23.7. The van der Waals surface area contributed by atoms with E-state index in [0.717, 1.165) is 10.6 Å². The first-order valence-corrected chi connectivity index (χ1v) is 14.4. The Morgan fingerprint density at radius 3 is 1.34 bits per heavy atom. The number of benzene rings is 3. The average Bonchev–Trinajstić information content (AvgIpc) is 2.79. The van der Waals surface area contributed by atoms with Crippen molar-refractivity contribution in [3.05, 3.63) is 90.0 Å². The Morgan fingerprint density at radius 1 is 0.655 bits per heavy atom. The van der Waals surface area contributed by atoms with E-state index in [1.807, 2.05) is 42.5 Å². The van der Waals surface area contributed by atoms with Crippen LogP contribution >= 0.6 is 26.3 Å². The topological polar surface area (TPSA) is 52.6 Å². The first-order chi connectivity index (χ1) is 13.8. The fraction of sp³-hybridized carbons (Fsp3) is 0.130. The van der Waals surface area contributed by atoms with Crippen LogP contribution in [0.1, 0.15) is 20.7 Å². The van der Waals surface area contributed by atoms with Crippen LogP contribution in [0, 0.1) is 0 Å². The number of halogens is 1. The summed E-state index contributed by atoms with van der Waals surface area (Å²) >= 11 is 2.58. The normalized spacial score (nSPS) is 12.5. The molecule has 6 heteroatoms. The summed E-state index contributed by atoms with van der Waals surface area (Å²) in [6.07, 6.45) is 0. The number of carbonyl (C=O) groups excluding carboxylic acids is 2. The first-order valence-electron chi connectivity index (χ1n) is 8.97. The molecular formula is C23H22IO4P. The van der Waals surface area contributed by atoms with Crippen molar-refractivity contribution in [2.45, 2.75) is 0 Å². The molecule has 3 aromatic carbocycles. The Labute approximate surface area is 183 Å². The summed E-state index contributed by atoms with van der Waals surface area (Å²) in [6.45, 7) is 2.27. The van der Waals surface area contributed by atoms with E-state index >= 15 is 0 Å². The van der Waals surface area contributed by atoms with E-state index in [9.17, 15) is 9.59 Å². The zero-order chi connectivity index (χ0) is 21.1. The third-order valence-electron chi connectivity index (χ3n) is 5.17. The van der Waals surface area contributed by atoms with Gasteiger partial charge in [-0.05, 0) is 0 Å². The van der Waals surface area contributed by atoms with Gasteiger partial charge in [0, 0.05) is 0 Å². The minimum atomic E-state index is -2.85. The van der Waals surface area contributed by atoms with Gasteiger partial charge in [-0.25, -0.2) is 0 Å². The van der Waals surface area contributed by atoms with E-state index in [1.165, 1.54) is 19.5 Å². The van der Waals surface area contributed by atoms with Gasteiger partial charge >= 0.3 is 184 Å². The Bertz CT molecular complexity index is 965. The number of methoxy groups -OCH3 is 2. The number of esters is 2. The van der Waals surface area contributed by atoms with Gasteiger partial charge in [0.15, 0.2) is 0 Å². The van der Waals surface area contributed by atoms with Crippen LogP contribution in [0.5, 0.6) is 0 Å². The molecule has 0 spiro atoms. The third kappa shape index (κ3) is 3.81. The Kier molecular flexibility index (Phi) is 6.11. The van der Waals surface area contributed by atoms with Gasteiger partial charge in [0.25, 0.3) is 0 Å². The molecule has 0 N–H and O–H groups in total. The maximum absolute atomic E-state index is 11.9. The summed E-state index contributed by atoms with van der Waals surface area (Å²) in [5.41, 5.74) is 1.03. The van der Waals surface area contributed by atoms with Crippen LogP contribution in [-0.2, 0) is 9.47 Å². The van der Waals surface area contributed by atoms with E-state index in [1.54, 1.807) is 24.3 Å². The molecule has 0 saturated carbocycles. The Morgan fingerprint density at radius 2 is 1.00 bits per heavy atom. The molecule has 3 aromatic rings. The number of carbonyl (C=O) groups is 2. The molecule has 0 radical (unpaired) electrons. The number of hydrogen-bond acceptors (Lipinski definition) is 4. The molecule has 0 saturated heterocycles. The fourth-order valence-corrected chi connectivity index (χ4v) is 9.76. The number of rotatable bonds is 5. The second-order valence-electron chi connectivity index (χ2n) is 6.84. The summed E-state index contributed by atoms with van der Waals surface area (Å²) in [5.74, 6) is -0.716. The van der Waals surface area contributed by atoms with Crippen molar-refractivity contribution in [2.24, 2.45) is 0 Å². The third-order valence-corrected chi connectivity index (χ3v) is 14.8. The van der Waals surface area contributed by atoms with Gasteiger partial charge in [-0.1, -0.05) is 0 Å². The molecule has 0 unspecified atom stereocenters. The van der Waals surface area contributed by atoms with Crippen molar-refractivity contribution < 1.29 is 19.1 Å². The molecule has 0 fully saturated rings. The van der Waals surface area contributed by atoms with Crippen LogP contribution in [0.2, 0.25) is 0 Å². The predicted molar refractivity (Wildman–Crippen MR) is 128 cm³/mol. The van der Waals surface area contributed by atoms with Crippen LogP contribution in [0.15, 0.2) is 78.9 Å². The van der Waals surface area contributed by atoms with Gasteiger partial charge in [0.05, 0.1) is 0 Å². The fourth-order valence-electron chi connectivity index (χ4n) is 3.37. The van der Waals surface area contributed by atoms with Crippen molar-refractivity contribution in [2.75, 3.05) is 20.9 Å². The summed E-state index contributed by atoms with van der Waals surface area (Å²) in [5, 5.41) is 3.46. The van der Waals surface area contributed by atoms with E-state index in [4.69, 9.17) is 9.47 Å². The van der Waals surface area contributed by atoms with E-state index < -0.39 is 4.25 Å². The molecule has 0 atom stereocenters. The molecule has 150 valence electrons. The van der Waals surface area contributed by atoms with Crippen LogP contribution in [0.4, 0.5) is 0 Å². The summed E-state index contributed by atoms with van der Waals surface area (Å²) in [6, 6.07) is 25.5. The van der Waals surface area contributed by atoms with E-state index in [0.29, 0.717) is 11.1 Å². The van der Waals surface area contributed by atoms with E-state index in [-0.39, 0.29) is 11.9 Å². The van der Waals surface area contributed by atoms with Crippen molar-refractivity contribution in [1.29, 1.82) is 0 Å².